The number of methoxy groups -OCH3 is 1. The smallest absolute Gasteiger partial charge is 0.271 e. The summed E-state index contributed by atoms with van der Waals surface area (Å²) < 4.78 is 11.2. The van der Waals surface area contributed by atoms with Gasteiger partial charge in [0.1, 0.15) is 6.61 Å². The second-order valence-electron chi connectivity index (χ2n) is 6.53. The van der Waals surface area contributed by atoms with Crippen LogP contribution in [-0.4, -0.2) is 17.9 Å². The van der Waals surface area contributed by atoms with E-state index in [9.17, 15) is 14.9 Å². The second-order valence-corrected chi connectivity index (χ2v) is 7.34. The molecule has 164 valence electrons. The molecule has 0 saturated heterocycles. The Hall–Kier alpha value is -3.55. The van der Waals surface area contributed by atoms with Crippen LogP contribution in [-0.2, 0) is 11.4 Å². The second kappa shape index (κ2) is 10.7. The molecule has 7 nitrogen and oxygen atoms in total. The number of non-ortho nitro benzene ring substituents is 1. The zero-order valence-electron chi connectivity index (χ0n) is 16.9. The number of nitro benzene ring substituents is 1. The van der Waals surface area contributed by atoms with E-state index in [4.69, 9.17) is 32.7 Å². The molecule has 0 radical (unpaired) electrons. The van der Waals surface area contributed by atoms with Crippen LogP contribution in [0.4, 0.5) is 11.4 Å². The fourth-order valence-corrected chi connectivity index (χ4v) is 3.29. The van der Waals surface area contributed by atoms with Gasteiger partial charge in [0.05, 0.1) is 12.0 Å². The Balaban J connectivity index is 1.67. The van der Waals surface area contributed by atoms with Crippen molar-refractivity contribution in [2.45, 2.75) is 6.61 Å². The van der Waals surface area contributed by atoms with E-state index in [-0.39, 0.29) is 12.3 Å². The van der Waals surface area contributed by atoms with Gasteiger partial charge in [-0.05, 0) is 42.0 Å². The highest BCUT2D eigenvalue weighted by Gasteiger charge is 2.10. The summed E-state index contributed by atoms with van der Waals surface area (Å²) >= 11 is 12.3. The van der Waals surface area contributed by atoms with Crippen molar-refractivity contribution in [2.75, 3.05) is 12.4 Å². The minimum absolute atomic E-state index is 0.106. The molecule has 3 aromatic carbocycles. The minimum Gasteiger partial charge on any atom is -0.493 e. The van der Waals surface area contributed by atoms with E-state index in [2.05, 4.69) is 5.32 Å². The van der Waals surface area contributed by atoms with Crippen LogP contribution in [0.5, 0.6) is 11.5 Å². The highest BCUT2D eigenvalue weighted by Crippen LogP contribution is 2.31. The van der Waals surface area contributed by atoms with Crippen LogP contribution in [0.1, 0.15) is 11.1 Å². The first-order valence-corrected chi connectivity index (χ1v) is 10.1. The lowest BCUT2D eigenvalue weighted by atomic mass is 10.2. The van der Waals surface area contributed by atoms with Crippen LogP contribution >= 0.6 is 23.2 Å². The topological polar surface area (TPSA) is 90.7 Å². The Kier molecular flexibility index (Phi) is 7.70. The SMILES string of the molecule is COc1cc(/C=C/C(=O)Nc2cccc([N+](=O)[O-])c2)ccc1OCc1c(Cl)cccc1Cl. The zero-order valence-corrected chi connectivity index (χ0v) is 18.4. The molecule has 0 aromatic heterocycles. The molecule has 0 aliphatic carbocycles. The monoisotopic (exact) mass is 472 g/mol. The average molecular weight is 473 g/mol. The van der Waals surface area contributed by atoms with Gasteiger partial charge in [0.15, 0.2) is 11.5 Å². The van der Waals surface area contributed by atoms with Crippen molar-refractivity contribution in [3.05, 3.63) is 98.0 Å². The van der Waals surface area contributed by atoms with Crippen molar-refractivity contribution in [1.29, 1.82) is 0 Å². The van der Waals surface area contributed by atoms with Crippen LogP contribution in [0.3, 0.4) is 0 Å². The average Bonchev–Trinajstić information content (AvgIpc) is 2.78. The van der Waals surface area contributed by atoms with E-state index in [0.29, 0.717) is 38.4 Å². The number of carbonyl (C=O) groups excluding carboxylic acids is 1. The number of hydrogen-bond acceptors (Lipinski definition) is 5. The summed E-state index contributed by atoms with van der Waals surface area (Å²) in [7, 11) is 1.51. The van der Waals surface area contributed by atoms with E-state index >= 15 is 0 Å². The van der Waals surface area contributed by atoms with Crippen LogP contribution in [0.25, 0.3) is 6.08 Å². The number of hydrogen-bond donors (Lipinski definition) is 1. The van der Waals surface area contributed by atoms with Gasteiger partial charge in [-0.25, -0.2) is 0 Å². The van der Waals surface area contributed by atoms with Crippen LogP contribution in [0.15, 0.2) is 66.7 Å². The normalized spacial score (nSPS) is 10.7. The molecule has 9 heteroatoms. The highest BCUT2D eigenvalue weighted by molar-refractivity contribution is 6.35. The molecule has 3 rings (SSSR count). The van der Waals surface area contributed by atoms with Gasteiger partial charge in [-0.2, -0.15) is 0 Å². The largest absolute Gasteiger partial charge is 0.493 e. The fraction of sp³-hybridized carbons (Fsp3) is 0.0870. The molecule has 0 unspecified atom stereocenters. The van der Waals surface area contributed by atoms with Gasteiger partial charge >= 0.3 is 0 Å². The third-order valence-corrected chi connectivity index (χ3v) is 5.08. The van der Waals surface area contributed by atoms with Gasteiger partial charge < -0.3 is 14.8 Å². The molecule has 0 heterocycles. The number of carbonyl (C=O) groups is 1. The molecule has 1 amide bonds. The quantitative estimate of drug-likeness (QED) is 0.241. The predicted octanol–water partition coefficient (Wildman–Crippen LogP) is 6.14. The molecule has 0 saturated carbocycles. The molecule has 0 aliphatic rings. The molecule has 3 aromatic rings. The van der Waals surface area contributed by atoms with E-state index in [1.165, 1.54) is 31.4 Å². The van der Waals surface area contributed by atoms with Crippen molar-refractivity contribution in [3.8, 4) is 11.5 Å². The lowest BCUT2D eigenvalue weighted by Gasteiger charge is -2.13. The Morgan fingerprint density at radius 3 is 2.47 bits per heavy atom. The first-order chi connectivity index (χ1) is 15.4. The van der Waals surface area contributed by atoms with Gasteiger partial charge in [0.2, 0.25) is 5.91 Å². The van der Waals surface area contributed by atoms with Gasteiger partial charge in [0, 0.05) is 39.5 Å². The summed E-state index contributed by atoms with van der Waals surface area (Å²) in [4.78, 5) is 22.5. The van der Waals surface area contributed by atoms with Gasteiger partial charge in [-0.15, -0.1) is 0 Å². The highest BCUT2D eigenvalue weighted by atomic mass is 35.5. The summed E-state index contributed by atoms with van der Waals surface area (Å²) in [5.74, 6) is 0.522. The zero-order chi connectivity index (χ0) is 23.1. The number of amides is 1. The molecule has 0 fully saturated rings. The van der Waals surface area contributed by atoms with Crippen molar-refractivity contribution in [1.82, 2.24) is 0 Å². The number of rotatable bonds is 8. The third-order valence-electron chi connectivity index (χ3n) is 4.37. The lowest BCUT2D eigenvalue weighted by molar-refractivity contribution is -0.384. The summed E-state index contributed by atoms with van der Waals surface area (Å²) in [5.41, 5.74) is 1.58. The molecule has 0 bridgehead atoms. The van der Waals surface area contributed by atoms with Gasteiger partial charge in [-0.1, -0.05) is 41.4 Å². The molecule has 32 heavy (non-hydrogen) atoms. The Morgan fingerprint density at radius 1 is 1.06 bits per heavy atom. The van der Waals surface area contributed by atoms with Gasteiger partial charge in [0.25, 0.3) is 5.69 Å². The summed E-state index contributed by atoms with van der Waals surface area (Å²) in [6, 6.07) is 16.1. The van der Waals surface area contributed by atoms with Crippen LogP contribution in [0.2, 0.25) is 10.0 Å². The van der Waals surface area contributed by atoms with Crippen LogP contribution in [0, 0.1) is 10.1 Å². The predicted molar refractivity (Wildman–Crippen MR) is 125 cm³/mol. The summed E-state index contributed by atoms with van der Waals surface area (Å²) in [6.45, 7) is 0.162. The number of nitro groups is 1. The maximum Gasteiger partial charge on any atom is 0.271 e. The van der Waals surface area contributed by atoms with Crippen LogP contribution < -0.4 is 14.8 Å². The van der Waals surface area contributed by atoms with Gasteiger partial charge in [-0.3, -0.25) is 14.9 Å². The van der Waals surface area contributed by atoms with E-state index < -0.39 is 10.8 Å². The number of halogens is 2. The lowest BCUT2D eigenvalue weighted by Crippen LogP contribution is -2.07. The summed E-state index contributed by atoms with van der Waals surface area (Å²) in [6.07, 6.45) is 2.90. The molecule has 0 spiro atoms. The molecule has 0 atom stereocenters. The van der Waals surface area contributed by atoms with E-state index in [1.807, 2.05) is 0 Å². The molecular weight excluding hydrogens is 455 g/mol. The maximum atomic E-state index is 12.2. The van der Waals surface area contributed by atoms with Crippen molar-refractivity contribution in [2.24, 2.45) is 0 Å². The number of nitrogens with zero attached hydrogens (tertiary/aromatic N) is 1. The fourth-order valence-electron chi connectivity index (χ4n) is 2.78. The van der Waals surface area contributed by atoms with Crippen molar-refractivity contribution >= 4 is 46.6 Å². The Bertz CT molecular complexity index is 1160. The first-order valence-electron chi connectivity index (χ1n) is 9.34. The molecular formula is C23H18Cl2N2O5. The maximum absolute atomic E-state index is 12.2. The Morgan fingerprint density at radius 2 is 1.78 bits per heavy atom. The molecule has 0 aliphatic heterocycles. The standard InChI is InChI=1S/C23H18Cl2N2O5/c1-31-22-12-15(8-10-21(22)32-14-18-19(24)6-3-7-20(18)25)9-11-23(28)26-16-4-2-5-17(13-16)27(29)30/h2-13H,14H2,1H3,(H,26,28)/b11-9+. The van der Waals surface area contributed by atoms with E-state index in [1.54, 1.807) is 48.5 Å². The van der Waals surface area contributed by atoms with Crippen molar-refractivity contribution < 1.29 is 19.2 Å². The summed E-state index contributed by atoms with van der Waals surface area (Å²) in [5, 5.41) is 14.4. The third kappa shape index (κ3) is 6.00. The number of nitrogens with one attached hydrogen (secondary N) is 1. The first kappa shape index (κ1) is 23.1. The molecule has 1 N–H and O–H groups in total. The van der Waals surface area contributed by atoms with E-state index in [0.717, 1.165) is 0 Å². The van der Waals surface area contributed by atoms with Crippen molar-refractivity contribution in [3.63, 3.8) is 0 Å². The Labute approximate surface area is 194 Å². The number of benzene rings is 3. The minimum atomic E-state index is -0.527. The number of anilines is 1. The number of ether oxygens (including phenoxy) is 2.